The maximum atomic E-state index is 4.64. The standard InChI is InChI=1S/C30H46N2/c1-3-5-7-8-10-12-28-23-31-30(32-24-28)29-21-19-27(20-22-29)18-17-26-15-13-25(14-16-26)11-9-6-4-2/h19-26H,3-18H2,1-2H3. The molecule has 176 valence electrons. The van der Waals surface area contributed by atoms with E-state index in [4.69, 9.17) is 0 Å². The van der Waals surface area contributed by atoms with Gasteiger partial charge in [0.25, 0.3) is 0 Å². The lowest BCUT2D eigenvalue weighted by molar-refractivity contribution is 0.249. The van der Waals surface area contributed by atoms with Crippen LogP contribution in [0.15, 0.2) is 36.7 Å². The van der Waals surface area contributed by atoms with Crippen molar-refractivity contribution in [3.63, 3.8) is 0 Å². The van der Waals surface area contributed by atoms with Crippen molar-refractivity contribution in [1.82, 2.24) is 9.97 Å². The zero-order valence-electron chi connectivity index (χ0n) is 20.8. The molecular formula is C30H46N2. The number of rotatable bonds is 14. The van der Waals surface area contributed by atoms with Crippen molar-refractivity contribution in [3.8, 4) is 11.4 Å². The van der Waals surface area contributed by atoms with Crippen LogP contribution in [0, 0.1) is 11.8 Å². The molecule has 0 aliphatic heterocycles. The molecule has 0 spiro atoms. The molecule has 1 fully saturated rings. The Balaban J connectivity index is 1.38. The fourth-order valence-electron chi connectivity index (χ4n) is 5.25. The van der Waals surface area contributed by atoms with Crippen LogP contribution in [-0.2, 0) is 12.8 Å². The van der Waals surface area contributed by atoms with Crippen LogP contribution in [0.1, 0.15) is 115 Å². The molecule has 0 N–H and O–H groups in total. The molecule has 2 aromatic rings. The Hall–Kier alpha value is -1.70. The quantitative estimate of drug-likeness (QED) is 0.277. The van der Waals surface area contributed by atoms with Crippen LogP contribution >= 0.6 is 0 Å². The number of benzene rings is 1. The van der Waals surface area contributed by atoms with Gasteiger partial charge < -0.3 is 0 Å². The smallest absolute Gasteiger partial charge is 0.159 e. The van der Waals surface area contributed by atoms with Crippen molar-refractivity contribution < 1.29 is 0 Å². The summed E-state index contributed by atoms with van der Waals surface area (Å²) < 4.78 is 0. The summed E-state index contributed by atoms with van der Waals surface area (Å²) in [7, 11) is 0. The molecule has 2 nitrogen and oxygen atoms in total. The minimum Gasteiger partial charge on any atom is -0.236 e. The molecule has 0 unspecified atom stereocenters. The first kappa shape index (κ1) is 24.9. The van der Waals surface area contributed by atoms with Crippen molar-refractivity contribution in [3.05, 3.63) is 47.8 Å². The van der Waals surface area contributed by atoms with E-state index < -0.39 is 0 Å². The van der Waals surface area contributed by atoms with Crippen LogP contribution < -0.4 is 0 Å². The molecule has 0 saturated heterocycles. The summed E-state index contributed by atoms with van der Waals surface area (Å²) in [6.45, 7) is 4.57. The highest BCUT2D eigenvalue weighted by Gasteiger charge is 2.20. The molecule has 1 aromatic heterocycles. The number of hydrogen-bond acceptors (Lipinski definition) is 2. The summed E-state index contributed by atoms with van der Waals surface area (Å²) in [5.74, 6) is 2.81. The maximum Gasteiger partial charge on any atom is 0.159 e. The van der Waals surface area contributed by atoms with E-state index in [1.165, 1.54) is 107 Å². The zero-order valence-corrected chi connectivity index (χ0v) is 20.8. The lowest BCUT2D eigenvalue weighted by Crippen LogP contribution is -2.15. The third-order valence-electron chi connectivity index (χ3n) is 7.51. The van der Waals surface area contributed by atoms with E-state index in [1.807, 2.05) is 12.4 Å². The zero-order chi connectivity index (χ0) is 22.4. The molecule has 0 radical (unpaired) electrons. The van der Waals surface area contributed by atoms with E-state index in [0.29, 0.717) is 0 Å². The predicted octanol–water partition coefficient (Wildman–Crippen LogP) is 8.98. The summed E-state index contributed by atoms with van der Waals surface area (Å²) in [5, 5.41) is 0. The first-order chi connectivity index (χ1) is 15.8. The Labute approximate surface area is 197 Å². The summed E-state index contributed by atoms with van der Waals surface area (Å²) in [5.41, 5.74) is 3.86. The third kappa shape index (κ3) is 8.68. The molecule has 3 rings (SSSR count). The topological polar surface area (TPSA) is 25.8 Å². The van der Waals surface area contributed by atoms with Gasteiger partial charge in [0.2, 0.25) is 0 Å². The first-order valence-corrected chi connectivity index (χ1v) is 13.7. The molecule has 0 bridgehead atoms. The van der Waals surface area contributed by atoms with Gasteiger partial charge >= 0.3 is 0 Å². The average Bonchev–Trinajstić information content (AvgIpc) is 2.84. The lowest BCUT2D eigenvalue weighted by atomic mass is 9.78. The highest BCUT2D eigenvalue weighted by Crippen LogP contribution is 2.34. The number of aromatic nitrogens is 2. The molecule has 0 atom stereocenters. The van der Waals surface area contributed by atoms with E-state index in [9.17, 15) is 0 Å². The second-order valence-electron chi connectivity index (χ2n) is 10.2. The average molecular weight is 435 g/mol. The molecule has 1 saturated carbocycles. The Morgan fingerprint density at radius 1 is 0.625 bits per heavy atom. The van der Waals surface area contributed by atoms with Crippen molar-refractivity contribution in [2.75, 3.05) is 0 Å². The maximum absolute atomic E-state index is 4.64. The van der Waals surface area contributed by atoms with E-state index in [-0.39, 0.29) is 0 Å². The Kier molecular flexibility index (Phi) is 11.3. The first-order valence-electron chi connectivity index (χ1n) is 13.7. The van der Waals surface area contributed by atoms with Crippen LogP contribution in [0.4, 0.5) is 0 Å². The number of nitrogens with zero attached hydrogens (tertiary/aromatic N) is 2. The van der Waals surface area contributed by atoms with Crippen LogP contribution in [0.2, 0.25) is 0 Å². The van der Waals surface area contributed by atoms with Gasteiger partial charge in [0.05, 0.1) is 0 Å². The van der Waals surface area contributed by atoms with E-state index >= 15 is 0 Å². The molecule has 2 heteroatoms. The highest BCUT2D eigenvalue weighted by molar-refractivity contribution is 5.55. The van der Waals surface area contributed by atoms with E-state index in [0.717, 1.165) is 29.6 Å². The van der Waals surface area contributed by atoms with E-state index in [1.54, 1.807) is 0 Å². The number of aryl methyl sites for hydroxylation is 2. The minimum absolute atomic E-state index is 0.854. The largest absolute Gasteiger partial charge is 0.236 e. The van der Waals surface area contributed by atoms with Gasteiger partial charge in [0.1, 0.15) is 0 Å². The van der Waals surface area contributed by atoms with Gasteiger partial charge in [-0.2, -0.15) is 0 Å². The van der Waals surface area contributed by atoms with Crippen LogP contribution in [0.25, 0.3) is 11.4 Å². The Morgan fingerprint density at radius 2 is 1.22 bits per heavy atom. The SMILES string of the molecule is CCCCCCCc1cnc(-c2ccc(CCC3CCC(CCCCC)CC3)cc2)nc1. The highest BCUT2D eigenvalue weighted by atomic mass is 14.9. The van der Waals surface area contributed by atoms with Gasteiger partial charge in [-0.1, -0.05) is 115 Å². The van der Waals surface area contributed by atoms with Crippen molar-refractivity contribution in [2.24, 2.45) is 11.8 Å². The van der Waals surface area contributed by atoms with Crippen molar-refractivity contribution in [1.29, 1.82) is 0 Å². The van der Waals surface area contributed by atoms with Gasteiger partial charge in [-0.25, -0.2) is 9.97 Å². The minimum atomic E-state index is 0.854. The third-order valence-corrected chi connectivity index (χ3v) is 7.51. The molecule has 0 amide bonds. The van der Waals surface area contributed by atoms with Gasteiger partial charge in [-0.3, -0.25) is 0 Å². The number of unbranched alkanes of at least 4 members (excludes halogenated alkanes) is 6. The normalized spacial score (nSPS) is 18.7. The van der Waals surface area contributed by atoms with Gasteiger partial charge in [0, 0.05) is 18.0 Å². The van der Waals surface area contributed by atoms with E-state index in [2.05, 4.69) is 48.1 Å². The Morgan fingerprint density at radius 3 is 1.88 bits per heavy atom. The monoisotopic (exact) mass is 434 g/mol. The second kappa shape index (κ2) is 14.4. The van der Waals surface area contributed by atoms with Gasteiger partial charge in [0.15, 0.2) is 5.82 Å². The van der Waals surface area contributed by atoms with Gasteiger partial charge in [-0.15, -0.1) is 0 Å². The molecule has 1 aliphatic rings. The fourth-order valence-corrected chi connectivity index (χ4v) is 5.25. The molecule has 1 aromatic carbocycles. The predicted molar refractivity (Wildman–Crippen MR) is 138 cm³/mol. The summed E-state index contributed by atoms with van der Waals surface area (Å²) in [6.07, 6.45) is 25.8. The fraction of sp³-hybridized carbons (Fsp3) is 0.667. The van der Waals surface area contributed by atoms with Crippen LogP contribution in [-0.4, -0.2) is 9.97 Å². The molecule has 1 heterocycles. The summed E-state index contributed by atoms with van der Waals surface area (Å²) in [6, 6.07) is 8.99. The summed E-state index contributed by atoms with van der Waals surface area (Å²) >= 11 is 0. The Bertz CT molecular complexity index is 726. The summed E-state index contributed by atoms with van der Waals surface area (Å²) in [4.78, 5) is 9.27. The van der Waals surface area contributed by atoms with Gasteiger partial charge in [-0.05, 0) is 48.6 Å². The lowest BCUT2D eigenvalue weighted by Gasteiger charge is -2.28. The molecular weight excluding hydrogens is 388 g/mol. The van der Waals surface area contributed by atoms with Crippen LogP contribution in [0.3, 0.4) is 0 Å². The molecule has 32 heavy (non-hydrogen) atoms. The van der Waals surface area contributed by atoms with Crippen molar-refractivity contribution in [2.45, 2.75) is 117 Å². The van der Waals surface area contributed by atoms with Crippen LogP contribution in [0.5, 0.6) is 0 Å². The second-order valence-corrected chi connectivity index (χ2v) is 10.2. The molecule has 1 aliphatic carbocycles. The van der Waals surface area contributed by atoms with Crippen molar-refractivity contribution >= 4 is 0 Å². The number of hydrogen-bond donors (Lipinski definition) is 0.